The van der Waals surface area contributed by atoms with Crippen LogP contribution in [0.1, 0.15) is 12.5 Å². The molecule has 0 saturated carbocycles. The SMILES string of the molecule is CCNC(=NCc1ccc(F)cc1)NCCNc1ncnc2c1cnn2C.I. The number of nitrogens with one attached hydrogen (secondary N) is 3. The molecule has 0 atom stereocenters. The fourth-order valence-corrected chi connectivity index (χ4v) is 2.57. The van der Waals surface area contributed by atoms with Crippen molar-refractivity contribution in [3.8, 4) is 0 Å². The second-order valence-corrected chi connectivity index (χ2v) is 5.90. The number of guanidine groups is 1. The predicted octanol–water partition coefficient (Wildman–Crippen LogP) is 2.29. The van der Waals surface area contributed by atoms with E-state index in [2.05, 4.69) is 36.0 Å². The molecule has 0 fully saturated rings. The van der Waals surface area contributed by atoms with E-state index in [0.717, 1.165) is 29.0 Å². The maximum absolute atomic E-state index is 13.0. The summed E-state index contributed by atoms with van der Waals surface area (Å²) >= 11 is 0. The van der Waals surface area contributed by atoms with Gasteiger partial charge in [-0.05, 0) is 24.6 Å². The van der Waals surface area contributed by atoms with E-state index >= 15 is 0 Å². The van der Waals surface area contributed by atoms with Crippen molar-refractivity contribution in [3.63, 3.8) is 0 Å². The summed E-state index contributed by atoms with van der Waals surface area (Å²) in [6.45, 7) is 4.55. The number of nitrogens with zero attached hydrogens (tertiary/aromatic N) is 5. The van der Waals surface area contributed by atoms with Gasteiger partial charge in [-0.1, -0.05) is 12.1 Å². The first-order chi connectivity index (χ1) is 13.2. The predicted molar refractivity (Wildman–Crippen MR) is 119 cm³/mol. The summed E-state index contributed by atoms with van der Waals surface area (Å²) < 4.78 is 14.7. The summed E-state index contributed by atoms with van der Waals surface area (Å²) in [5.74, 6) is 1.22. The van der Waals surface area contributed by atoms with Gasteiger partial charge in [0.15, 0.2) is 11.6 Å². The highest BCUT2D eigenvalue weighted by Crippen LogP contribution is 2.17. The average Bonchev–Trinajstić information content (AvgIpc) is 3.06. The van der Waals surface area contributed by atoms with E-state index in [-0.39, 0.29) is 29.8 Å². The molecule has 28 heavy (non-hydrogen) atoms. The Morgan fingerprint density at radius 1 is 1.14 bits per heavy atom. The zero-order valence-electron chi connectivity index (χ0n) is 15.8. The summed E-state index contributed by atoms with van der Waals surface area (Å²) in [5, 5.41) is 14.8. The number of aliphatic imine (C=N–C) groups is 1. The average molecular weight is 498 g/mol. The van der Waals surface area contributed by atoms with Crippen molar-refractivity contribution in [2.75, 3.05) is 25.0 Å². The first kappa shape index (κ1) is 21.8. The van der Waals surface area contributed by atoms with E-state index in [9.17, 15) is 4.39 Å². The Labute approximate surface area is 180 Å². The second-order valence-electron chi connectivity index (χ2n) is 5.90. The molecule has 10 heteroatoms. The molecule has 1 aromatic carbocycles. The van der Waals surface area contributed by atoms with Crippen LogP contribution in [0.25, 0.3) is 11.0 Å². The zero-order chi connectivity index (χ0) is 19.1. The molecular formula is C18H24FIN8. The first-order valence-corrected chi connectivity index (χ1v) is 8.80. The number of fused-ring (bicyclic) bond motifs is 1. The van der Waals surface area contributed by atoms with Crippen LogP contribution in [-0.4, -0.2) is 45.3 Å². The van der Waals surface area contributed by atoms with Crippen LogP contribution >= 0.6 is 24.0 Å². The van der Waals surface area contributed by atoms with Crippen molar-refractivity contribution in [1.29, 1.82) is 0 Å². The van der Waals surface area contributed by atoms with E-state index in [1.165, 1.54) is 18.5 Å². The third-order valence-corrected chi connectivity index (χ3v) is 3.92. The molecule has 3 rings (SSSR count). The first-order valence-electron chi connectivity index (χ1n) is 8.80. The Morgan fingerprint density at radius 2 is 1.93 bits per heavy atom. The topological polar surface area (TPSA) is 92.1 Å². The number of hydrogen-bond acceptors (Lipinski definition) is 5. The molecule has 3 N–H and O–H groups in total. The van der Waals surface area contributed by atoms with Gasteiger partial charge in [-0.25, -0.2) is 19.4 Å². The molecule has 0 radical (unpaired) electrons. The van der Waals surface area contributed by atoms with Crippen LogP contribution in [0, 0.1) is 5.82 Å². The normalized spacial score (nSPS) is 11.2. The fraction of sp³-hybridized carbons (Fsp3) is 0.333. The number of rotatable bonds is 7. The minimum atomic E-state index is -0.244. The van der Waals surface area contributed by atoms with Gasteiger partial charge in [0.05, 0.1) is 18.1 Å². The molecule has 0 unspecified atom stereocenters. The van der Waals surface area contributed by atoms with Gasteiger partial charge in [0.1, 0.15) is 18.0 Å². The Morgan fingerprint density at radius 3 is 2.68 bits per heavy atom. The van der Waals surface area contributed by atoms with Crippen molar-refractivity contribution in [3.05, 3.63) is 48.2 Å². The van der Waals surface area contributed by atoms with Crippen molar-refractivity contribution in [2.24, 2.45) is 12.0 Å². The Bertz CT molecular complexity index is 910. The lowest BCUT2D eigenvalue weighted by atomic mass is 10.2. The van der Waals surface area contributed by atoms with Gasteiger partial charge in [0, 0.05) is 26.7 Å². The van der Waals surface area contributed by atoms with Gasteiger partial charge in [0.25, 0.3) is 0 Å². The summed E-state index contributed by atoms with van der Waals surface area (Å²) in [7, 11) is 1.85. The highest BCUT2D eigenvalue weighted by Gasteiger charge is 2.07. The Balaban J connectivity index is 0.00000280. The number of aromatic nitrogens is 4. The van der Waals surface area contributed by atoms with E-state index in [4.69, 9.17) is 0 Å². The smallest absolute Gasteiger partial charge is 0.191 e. The maximum atomic E-state index is 13.0. The van der Waals surface area contributed by atoms with Crippen molar-refractivity contribution in [2.45, 2.75) is 13.5 Å². The second kappa shape index (κ2) is 10.7. The lowest BCUT2D eigenvalue weighted by molar-refractivity contribution is 0.627. The van der Waals surface area contributed by atoms with Crippen molar-refractivity contribution < 1.29 is 4.39 Å². The number of halogens is 2. The van der Waals surface area contributed by atoms with Gasteiger partial charge >= 0.3 is 0 Å². The molecule has 0 bridgehead atoms. The van der Waals surface area contributed by atoms with E-state index in [1.54, 1.807) is 23.0 Å². The van der Waals surface area contributed by atoms with Crippen LogP contribution in [0.2, 0.25) is 0 Å². The van der Waals surface area contributed by atoms with Crippen LogP contribution in [0.5, 0.6) is 0 Å². The lowest BCUT2D eigenvalue weighted by Gasteiger charge is -2.12. The van der Waals surface area contributed by atoms with Gasteiger partial charge < -0.3 is 16.0 Å². The quantitative estimate of drug-likeness (QED) is 0.201. The molecule has 8 nitrogen and oxygen atoms in total. The summed E-state index contributed by atoms with van der Waals surface area (Å²) in [4.78, 5) is 13.0. The van der Waals surface area contributed by atoms with Crippen molar-refractivity contribution >= 4 is 46.8 Å². The standard InChI is InChI=1S/C18H23FN8.HI/c1-3-20-18(23-10-13-4-6-14(19)7-5-13)22-9-8-21-16-15-11-26-27(2)17(15)25-12-24-16;/h4-7,11-12H,3,8-10H2,1-2H3,(H2,20,22,23)(H,21,24,25);1H. The Hall–Kier alpha value is -2.50. The number of benzene rings is 1. The van der Waals surface area contributed by atoms with Crippen LogP contribution in [0.4, 0.5) is 10.2 Å². The maximum Gasteiger partial charge on any atom is 0.191 e. The lowest BCUT2D eigenvalue weighted by Crippen LogP contribution is -2.39. The van der Waals surface area contributed by atoms with Gasteiger partial charge in [-0.15, -0.1) is 24.0 Å². The summed E-state index contributed by atoms with van der Waals surface area (Å²) in [6, 6.07) is 6.35. The summed E-state index contributed by atoms with van der Waals surface area (Å²) in [6.07, 6.45) is 3.27. The molecule has 0 saturated heterocycles. The minimum absolute atomic E-state index is 0. The van der Waals surface area contributed by atoms with E-state index < -0.39 is 0 Å². The van der Waals surface area contributed by atoms with Crippen LogP contribution in [-0.2, 0) is 13.6 Å². The highest BCUT2D eigenvalue weighted by molar-refractivity contribution is 14.0. The number of hydrogen-bond donors (Lipinski definition) is 3. The molecular weight excluding hydrogens is 474 g/mol. The fourth-order valence-electron chi connectivity index (χ4n) is 2.57. The van der Waals surface area contributed by atoms with Crippen molar-refractivity contribution in [1.82, 2.24) is 30.4 Å². The van der Waals surface area contributed by atoms with E-state index in [1.807, 2.05) is 14.0 Å². The Kier molecular flexibility index (Phi) is 8.36. The molecule has 3 aromatic rings. The largest absolute Gasteiger partial charge is 0.368 e. The van der Waals surface area contributed by atoms with Gasteiger partial charge in [-0.2, -0.15) is 5.10 Å². The summed E-state index contributed by atoms with van der Waals surface area (Å²) in [5.41, 5.74) is 1.74. The van der Waals surface area contributed by atoms with Crippen LogP contribution in [0.3, 0.4) is 0 Å². The number of aryl methyl sites for hydroxylation is 1. The van der Waals surface area contributed by atoms with Gasteiger partial charge in [0.2, 0.25) is 0 Å². The zero-order valence-corrected chi connectivity index (χ0v) is 18.1. The molecule has 0 aliphatic carbocycles. The monoisotopic (exact) mass is 498 g/mol. The van der Waals surface area contributed by atoms with E-state index in [0.29, 0.717) is 25.6 Å². The van der Waals surface area contributed by atoms with Crippen LogP contribution in [0.15, 0.2) is 41.8 Å². The molecule has 0 spiro atoms. The highest BCUT2D eigenvalue weighted by atomic mass is 127. The molecule has 2 heterocycles. The molecule has 0 aliphatic heterocycles. The molecule has 0 aliphatic rings. The van der Waals surface area contributed by atoms with Crippen LogP contribution < -0.4 is 16.0 Å². The molecule has 2 aromatic heterocycles. The van der Waals surface area contributed by atoms with Gasteiger partial charge in [-0.3, -0.25) is 4.68 Å². The third-order valence-electron chi connectivity index (χ3n) is 3.92. The minimum Gasteiger partial charge on any atom is -0.368 e. The molecule has 0 amide bonds. The number of anilines is 1. The third kappa shape index (κ3) is 5.75. The molecule has 150 valence electrons.